The van der Waals surface area contributed by atoms with Crippen LogP contribution in [0.3, 0.4) is 0 Å². The summed E-state index contributed by atoms with van der Waals surface area (Å²) in [6.45, 7) is 4.16. The van der Waals surface area contributed by atoms with Crippen molar-refractivity contribution in [3.63, 3.8) is 0 Å². The SMILES string of the molecule is CC(=O)Nc1ccc(C)c(NCc2cc(Cl)ccc2Br)c1. The molecular formula is C16H16BrClN2O. The van der Waals surface area contributed by atoms with Gasteiger partial charge in [0, 0.05) is 34.3 Å². The molecule has 0 saturated heterocycles. The van der Waals surface area contributed by atoms with Gasteiger partial charge in [-0.1, -0.05) is 33.6 Å². The van der Waals surface area contributed by atoms with Crippen molar-refractivity contribution in [2.24, 2.45) is 0 Å². The number of rotatable bonds is 4. The molecule has 1 amide bonds. The first-order chi connectivity index (χ1) is 9.95. The van der Waals surface area contributed by atoms with Gasteiger partial charge in [-0.25, -0.2) is 0 Å². The number of anilines is 2. The molecule has 2 N–H and O–H groups in total. The molecule has 0 saturated carbocycles. The van der Waals surface area contributed by atoms with Crippen LogP contribution in [0.2, 0.25) is 5.02 Å². The second-order valence-corrected chi connectivity index (χ2v) is 6.09. The molecule has 0 unspecified atom stereocenters. The van der Waals surface area contributed by atoms with Gasteiger partial charge >= 0.3 is 0 Å². The molecule has 2 aromatic rings. The van der Waals surface area contributed by atoms with Crippen LogP contribution in [0.25, 0.3) is 0 Å². The Balaban J connectivity index is 2.15. The summed E-state index contributed by atoms with van der Waals surface area (Å²) >= 11 is 9.53. The number of carbonyl (C=O) groups is 1. The molecule has 0 radical (unpaired) electrons. The summed E-state index contributed by atoms with van der Waals surface area (Å²) < 4.78 is 1.01. The highest BCUT2D eigenvalue weighted by Gasteiger charge is 2.04. The molecule has 2 rings (SSSR count). The van der Waals surface area contributed by atoms with Crippen LogP contribution in [0.4, 0.5) is 11.4 Å². The van der Waals surface area contributed by atoms with E-state index in [0.717, 1.165) is 27.0 Å². The Morgan fingerprint density at radius 1 is 1.24 bits per heavy atom. The van der Waals surface area contributed by atoms with Crippen molar-refractivity contribution in [2.75, 3.05) is 10.6 Å². The highest BCUT2D eigenvalue weighted by atomic mass is 79.9. The maximum absolute atomic E-state index is 11.1. The molecule has 21 heavy (non-hydrogen) atoms. The first kappa shape index (κ1) is 15.9. The fourth-order valence-corrected chi connectivity index (χ4v) is 2.54. The maximum Gasteiger partial charge on any atom is 0.221 e. The Kier molecular flexibility index (Phi) is 5.26. The highest BCUT2D eigenvalue weighted by Crippen LogP contribution is 2.24. The van der Waals surface area contributed by atoms with Crippen molar-refractivity contribution in [3.8, 4) is 0 Å². The largest absolute Gasteiger partial charge is 0.381 e. The van der Waals surface area contributed by atoms with Gasteiger partial charge < -0.3 is 10.6 Å². The van der Waals surface area contributed by atoms with Gasteiger partial charge in [-0.2, -0.15) is 0 Å². The normalized spacial score (nSPS) is 10.3. The Morgan fingerprint density at radius 2 is 2.00 bits per heavy atom. The highest BCUT2D eigenvalue weighted by molar-refractivity contribution is 9.10. The lowest BCUT2D eigenvalue weighted by Crippen LogP contribution is -2.07. The minimum Gasteiger partial charge on any atom is -0.381 e. The van der Waals surface area contributed by atoms with Crippen molar-refractivity contribution in [2.45, 2.75) is 20.4 Å². The van der Waals surface area contributed by atoms with Crippen LogP contribution in [0.5, 0.6) is 0 Å². The molecule has 0 aliphatic rings. The van der Waals surface area contributed by atoms with Crippen LogP contribution in [0, 0.1) is 6.92 Å². The van der Waals surface area contributed by atoms with E-state index in [-0.39, 0.29) is 5.91 Å². The molecule has 3 nitrogen and oxygen atoms in total. The second-order valence-electron chi connectivity index (χ2n) is 4.80. The first-order valence-corrected chi connectivity index (χ1v) is 7.69. The van der Waals surface area contributed by atoms with Gasteiger partial charge in [-0.3, -0.25) is 4.79 Å². The Bertz CT molecular complexity index is 673. The molecule has 110 valence electrons. The minimum absolute atomic E-state index is 0.0811. The molecule has 5 heteroatoms. The van der Waals surface area contributed by atoms with Crippen molar-refractivity contribution >= 4 is 44.8 Å². The first-order valence-electron chi connectivity index (χ1n) is 6.52. The molecule has 0 atom stereocenters. The van der Waals surface area contributed by atoms with Crippen LogP contribution in [-0.2, 0) is 11.3 Å². The van der Waals surface area contributed by atoms with E-state index in [4.69, 9.17) is 11.6 Å². The molecule has 2 aromatic carbocycles. The summed E-state index contributed by atoms with van der Waals surface area (Å²) in [5.41, 5.74) is 3.95. The monoisotopic (exact) mass is 366 g/mol. The lowest BCUT2D eigenvalue weighted by Gasteiger charge is -2.13. The average molecular weight is 368 g/mol. The summed E-state index contributed by atoms with van der Waals surface area (Å²) in [7, 11) is 0. The van der Waals surface area contributed by atoms with E-state index >= 15 is 0 Å². The molecule has 0 aromatic heterocycles. The second kappa shape index (κ2) is 6.96. The van der Waals surface area contributed by atoms with Crippen molar-refractivity contribution < 1.29 is 4.79 Å². The molecule has 0 heterocycles. The quantitative estimate of drug-likeness (QED) is 0.800. The summed E-state index contributed by atoms with van der Waals surface area (Å²) in [5, 5.41) is 6.86. The van der Waals surface area contributed by atoms with E-state index in [0.29, 0.717) is 11.6 Å². The Labute approximate surface area is 137 Å². The van der Waals surface area contributed by atoms with E-state index in [9.17, 15) is 4.79 Å². The molecular weight excluding hydrogens is 352 g/mol. The fourth-order valence-electron chi connectivity index (χ4n) is 1.96. The summed E-state index contributed by atoms with van der Waals surface area (Å²) in [5.74, 6) is -0.0811. The maximum atomic E-state index is 11.1. The van der Waals surface area contributed by atoms with Gasteiger partial charge in [0.25, 0.3) is 0 Å². The number of carbonyl (C=O) groups excluding carboxylic acids is 1. The lowest BCUT2D eigenvalue weighted by atomic mass is 10.1. The van der Waals surface area contributed by atoms with E-state index in [2.05, 4.69) is 26.6 Å². The van der Waals surface area contributed by atoms with Crippen LogP contribution < -0.4 is 10.6 Å². The zero-order valence-corrected chi connectivity index (χ0v) is 14.2. The van der Waals surface area contributed by atoms with Crippen LogP contribution in [0.15, 0.2) is 40.9 Å². The van der Waals surface area contributed by atoms with E-state index in [1.807, 2.05) is 43.3 Å². The number of hydrogen-bond acceptors (Lipinski definition) is 2. The van der Waals surface area contributed by atoms with Crippen molar-refractivity contribution in [1.82, 2.24) is 0 Å². The fraction of sp³-hybridized carbons (Fsp3) is 0.188. The number of nitrogens with one attached hydrogen (secondary N) is 2. The van der Waals surface area contributed by atoms with Crippen LogP contribution >= 0.6 is 27.5 Å². The third-order valence-corrected chi connectivity index (χ3v) is 4.04. The van der Waals surface area contributed by atoms with Gasteiger partial charge in [0.2, 0.25) is 5.91 Å². The zero-order chi connectivity index (χ0) is 15.4. The molecule has 0 spiro atoms. The summed E-state index contributed by atoms with van der Waals surface area (Å²) in [6.07, 6.45) is 0. The third kappa shape index (κ3) is 4.48. The van der Waals surface area contributed by atoms with Gasteiger partial charge in [0.1, 0.15) is 0 Å². The predicted octanol–water partition coefficient (Wildman–Crippen LogP) is 4.98. The van der Waals surface area contributed by atoms with Crippen molar-refractivity contribution in [1.29, 1.82) is 0 Å². The number of hydrogen-bond donors (Lipinski definition) is 2. The standard InChI is InChI=1S/C16H16BrClN2O/c1-10-3-5-14(20-11(2)21)8-16(10)19-9-12-7-13(18)4-6-15(12)17/h3-8,19H,9H2,1-2H3,(H,20,21). The summed E-state index contributed by atoms with van der Waals surface area (Å²) in [6, 6.07) is 11.5. The molecule has 0 aliphatic carbocycles. The van der Waals surface area contributed by atoms with Gasteiger partial charge in [0.15, 0.2) is 0 Å². The van der Waals surface area contributed by atoms with E-state index in [1.54, 1.807) is 0 Å². The van der Waals surface area contributed by atoms with E-state index < -0.39 is 0 Å². The molecule has 0 fully saturated rings. The smallest absolute Gasteiger partial charge is 0.221 e. The van der Waals surface area contributed by atoms with Gasteiger partial charge in [0.05, 0.1) is 0 Å². The Hall–Kier alpha value is -1.52. The average Bonchev–Trinajstić information content (AvgIpc) is 2.42. The van der Waals surface area contributed by atoms with Crippen LogP contribution in [0.1, 0.15) is 18.1 Å². The topological polar surface area (TPSA) is 41.1 Å². The minimum atomic E-state index is -0.0811. The number of halogens is 2. The van der Waals surface area contributed by atoms with Gasteiger partial charge in [-0.15, -0.1) is 0 Å². The molecule has 0 bridgehead atoms. The third-order valence-electron chi connectivity index (χ3n) is 3.03. The predicted molar refractivity (Wildman–Crippen MR) is 92.0 cm³/mol. The van der Waals surface area contributed by atoms with E-state index in [1.165, 1.54) is 6.92 Å². The zero-order valence-electron chi connectivity index (χ0n) is 11.8. The number of aryl methyl sites for hydroxylation is 1. The van der Waals surface area contributed by atoms with Crippen LogP contribution in [-0.4, -0.2) is 5.91 Å². The number of amides is 1. The lowest BCUT2D eigenvalue weighted by molar-refractivity contribution is -0.114. The van der Waals surface area contributed by atoms with Crippen molar-refractivity contribution in [3.05, 3.63) is 57.0 Å². The molecule has 0 aliphatic heterocycles. The summed E-state index contributed by atoms with van der Waals surface area (Å²) in [4.78, 5) is 11.1. The number of benzene rings is 2. The van der Waals surface area contributed by atoms with Gasteiger partial charge in [-0.05, 0) is 48.4 Å². The Morgan fingerprint density at radius 3 is 2.71 bits per heavy atom.